The number of pyridine rings is 3. The predicted molar refractivity (Wildman–Crippen MR) is 135 cm³/mol. The molecule has 0 aromatic carbocycles. The molecule has 0 radical (unpaired) electrons. The van der Waals surface area contributed by atoms with Crippen molar-refractivity contribution in [3.8, 4) is 22.8 Å². The average molecular weight is 454 g/mol. The van der Waals surface area contributed by atoms with Crippen molar-refractivity contribution in [3.63, 3.8) is 0 Å². The molecule has 0 amide bonds. The number of piperidine rings is 1. The van der Waals surface area contributed by atoms with Gasteiger partial charge in [0.1, 0.15) is 11.2 Å². The number of fused-ring (bicyclic) bond motifs is 2. The molecule has 0 unspecified atom stereocenters. The summed E-state index contributed by atoms with van der Waals surface area (Å²) in [6.07, 6.45) is 11.0. The maximum Gasteiger partial charge on any atom is 0.159 e. The Kier molecular flexibility index (Phi) is 5.09. The first-order valence-corrected chi connectivity index (χ1v) is 11.8. The van der Waals surface area contributed by atoms with Gasteiger partial charge in [-0.05, 0) is 51.3 Å². The summed E-state index contributed by atoms with van der Waals surface area (Å²) in [5, 5.41) is 12.0. The van der Waals surface area contributed by atoms with Crippen molar-refractivity contribution in [2.24, 2.45) is 0 Å². The van der Waals surface area contributed by atoms with Crippen molar-refractivity contribution in [3.05, 3.63) is 43.0 Å². The number of imidazole rings is 1. The lowest BCUT2D eigenvalue weighted by Crippen LogP contribution is -2.30. The van der Waals surface area contributed by atoms with Crippen molar-refractivity contribution < 1.29 is 0 Å². The highest BCUT2D eigenvalue weighted by molar-refractivity contribution is 5.96. The Morgan fingerprint density at radius 3 is 2.74 bits per heavy atom. The van der Waals surface area contributed by atoms with E-state index in [2.05, 4.69) is 60.3 Å². The molecule has 0 bridgehead atoms. The number of rotatable bonds is 5. The first-order chi connectivity index (χ1) is 16.7. The minimum absolute atomic E-state index is 0.324. The normalized spacial score (nSPS) is 14.4. The molecule has 5 aromatic heterocycles. The lowest BCUT2D eigenvalue weighted by Gasteiger charge is -2.27. The van der Waals surface area contributed by atoms with E-state index >= 15 is 0 Å². The zero-order chi connectivity index (χ0) is 23.1. The van der Waals surface area contributed by atoms with Gasteiger partial charge >= 0.3 is 0 Å². The van der Waals surface area contributed by atoms with E-state index in [1.807, 2.05) is 36.9 Å². The van der Waals surface area contributed by atoms with E-state index in [9.17, 15) is 0 Å². The van der Waals surface area contributed by atoms with Crippen LogP contribution in [0.25, 0.3) is 44.7 Å². The quantitative estimate of drug-likeness (QED) is 0.351. The van der Waals surface area contributed by atoms with Gasteiger partial charge in [-0.25, -0.2) is 9.97 Å². The molecule has 5 aromatic rings. The number of hydrogen-bond donors (Lipinski definition) is 3. The second-order valence-electron chi connectivity index (χ2n) is 9.11. The van der Waals surface area contributed by atoms with Gasteiger partial charge in [-0.1, -0.05) is 0 Å². The molecule has 3 N–H and O–H groups in total. The summed E-state index contributed by atoms with van der Waals surface area (Å²) >= 11 is 0. The van der Waals surface area contributed by atoms with Gasteiger partial charge in [0.25, 0.3) is 0 Å². The number of aromatic nitrogens is 7. The highest BCUT2D eigenvalue weighted by atomic mass is 15.2. The molecule has 1 aliphatic heterocycles. The first-order valence-electron chi connectivity index (χ1n) is 11.8. The van der Waals surface area contributed by atoms with Crippen LogP contribution in [-0.4, -0.2) is 54.2 Å². The standard InChI is InChI=1S/C25H27N9/c1-15(2)29-17-10-16(12-26-13-17)20-11-18-21(14-28-20)32-33-22(18)24-30-19-6-7-27-25(23(19)31-24)34-8-4-3-5-9-34/h6-7,10-15,29H,3-5,8-9H2,1-2H3,(H,30,31)(H,32,33). The molecule has 9 heteroatoms. The number of anilines is 2. The number of nitrogens with zero attached hydrogens (tertiary/aromatic N) is 6. The van der Waals surface area contributed by atoms with Gasteiger partial charge in [-0.2, -0.15) is 5.10 Å². The Balaban J connectivity index is 1.41. The highest BCUT2D eigenvalue weighted by Gasteiger charge is 2.20. The molecule has 34 heavy (non-hydrogen) atoms. The van der Waals surface area contributed by atoms with Crippen LogP contribution in [0.2, 0.25) is 0 Å². The van der Waals surface area contributed by atoms with Crippen LogP contribution < -0.4 is 10.2 Å². The van der Waals surface area contributed by atoms with Crippen LogP contribution in [0.1, 0.15) is 33.1 Å². The molecule has 0 saturated carbocycles. The fourth-order valence-corrected chi connectivity index (χ4v) is 4.62. The molecule has 0 spiro atoms. The van der Waals surface area contributed by atoms with Gasteiger partial charge in [0.15, 0.2) is 11.6 Å². The average Bonchev–Trinajstić information content (AvgIpc) is 3.48. The summed E-state index contributed by atoms with van der Waals surface area (Å²) in [5.74, 6) is 1.67. The third kappa shape index (κ3) is 3.72. The Morgan fingerprint density at radius 2 is 1.88 bits per heavy atom. The van der Waals surface area contributed by atoms with Crippen LogP contribution in [0, 0.1) is 0 Å². The lowest BCUT2D eigenvalue weighted by atomic mass is 10.1. The predicted octanol–water partition coefficient (Wildman–Crippen LogP) is 4.77. The van der Waals surface area contributed by atoms with Gasteiger partial charge < -0.3 is 15.2 Å². The maximum atomic E-state index is 4.94. The largest absolute Gasteiger partial charge is 0.382 e. The third-order valence-electron chi connectivity index (χ3n) is 6.20. The molecule has 9 nitrogen and oxygen atoms in total. The van der Waals surface area contributed by atoms with Crippen LogP contribution in [0.3, 0.4) is 0 Å². The minimum Gasteiger partial charge on any atom is -0.382 e. The maximum absolute atomic E-state index is 4.94. The van der Waals surface area contributed by atoms with Crippen molar-refractivity contribution in [1.82, 2.24) is 35.1 Å². The van der Waals surface area contributed by atoms with Gasteiger partial charge in [0.05, 0.1) is 28.6 Å². The first kappa shape index (κ1) is 20.6. The fraction of sp³-hybridized carbons (Fsp3) is 0.320. The summed E-state index contributed by atoms with van der Waals surface area (Å²) in [6.45, 7) is 6.25. The lowest BCUT2D eigenvalue weighted by molar-refractivity contribution is 0.574. The van der Waals surface area contributed by atoms with Crippen LogP contribution in [0.15, 0.2) is 43.0 Å². The number of hydrogen-bond acceptors (Lipinski definition) is 7. The van der Waals surface area contributed by atoms with Crippen LogP contribution in [0.4, 0.5) is 11.5 Å². The summed E-state index contributed by atoms with van der Waals surface area (Å²) in [7, 11) is 0. The molecule has 1 aliphatic rings. The van der Waals surface area contributed by atoms with E-state index in [-0.39, 0.29) is 0 Å². The molecule has 0 atom stereocenters. The molecular formula is C25H27N9. The third-order valence-corrected chi connectivity index (χ3v) is 6.20. The van der Waals surface area contributed by atoms with Gasteiger partial charge in [-0.3, -0.25) is 15.1 Å². The van der Waals surface area contributed by atoms with Crippen LogP contribution in [0.5, 0.6) is 0 Å². The summed E-state index contributed by atoms with van der Waals surface area (Å²) in [6, 6.07) is 6.41. The monoisotopic (exact) mass is 453 g/mol. The van der Waals surface area contributed by atoms with Crippen molar-refractivity contribution >= 4 is 33.4 Å². The van der Waals surface area contributed by atoms with E-state index in [0.29, 0.717) is 6.04 Å². The summed E-state index contributed by atoms with van der Waals surface area (Å²) in [5.41, 5.74) is 6.23. The van der Waals surface area contributed by atoms with E-state index in [1.165, 1.54) is 19.3 Å². The SMILES string of the molecule is CC(C)Nc1cncc(-c2cc3c(-c4nc5c(N6CCCCC6)nccc5[nH]4)n[nH]c3cn2)c1. The van der Waals surface area contributed by atoms with Gasteiger partial charge in [0.2, 0.25) is 0 Å². The molecule has 6 heterocycles. The number of aromatic amines is 2. The van der Waals surface area contributed by atoms with E-state index < -0.39 is 0 Å². The number of H-pyrrole nitrogens is 2. The number of nitrogens with one attached hydrogen (secondary N) is 3. The topological polar surface area (TPSA) is 111 Å². The highest BCUT2D eigenvalue weighted by Crippen LogP contribution is 2.32. The summed E-state index contributed by atoms with van der Waals surface area (Å²) < 4.78 is 0. The van der Waals surface area contributed by atoms with E-state index in [1.54, 1.807) is 0 Å². The Hall–Kier alpha value is -4.01. The van der Waals surface area contributed by atoms with Crippen molar-refractivity contribution in [2.75, 3.05) is 23.3 Å². The van der Waals surface area contributed by atoms with E-state index in [0.717, 1.165) is 69.3 Å². The van der Waals surface area contributed by atoms with Gasteiger partial charge in [0, 0.05) is 48.7 Å². The molecule has 1 fully saturated rings. The fourth-order valence-electron chi connectivity index (χ4n) is 4.62. The smallest absolute Gasteiger partial charge is 0.159 e. The molecular weight excluding hydrogens is 426 g/mol. The van der Waals surface area contributed by atoms with E-state index in [4.69, 9.17) is 4.98 Å². The summed E-state index contributed by atoms with van der Waals surface area (Å²) in [4.78, 5) is 24.4. The Bertz CT molecular complexity index is 1460. The molecule has 172 valence electrons. The second kappa shape index (κ2) is 8.40. The van der Waals surface area contributed by atoms with Crippen molar-refractivity contribution in [2.45, 2.75) is 39.2 Å². The Labute approximate surface area is 197 Å². The zero-order valence-corrected chi connectivity index (χ0v) is 19.3. The zero-order valence-electron chi connectivity index (χ0n) is 19.3. The van der Waals surface area contributed by atoms with Crippen LogP contribution in [-0.2, 0) is 0 Å². The Morgan fingerprint density at radius 1 is 1.00 bits per heavy atom. The van der Waals surface area contributed by atoms with Gasteiger partial charge in [-0.15, -0.1) is 0 Å². The second-order valence-corrected chi connectivity index (χ2v) is 9.11. The minimum atomic E-state index is 0.324. The van der Waals surface area contributed by atoms with Crippen molar-refractivity contribution in [1.29, 1.82) is 0 Å². The van der Waals surface area contributed by atoms with Crippen LogP contribution >= 0.6 is 0 Å². The molecule has 1 saturated heterocycles. The molecule has 6 rings (SSSR count). The molecule has 0 aliphatic carbocycles.